The van der Waals surface area contributed by atoms with Crippen molar-refractivity contribution in [2.75, 3.05) is 32.4 Å². The van der Waals surface area contributed by atoms with Crippen LogP contribution >= 0.6 is 7.80 Å². The lowest BCUT2D eigenvalue weighted by molar-refractivity contribution is -0.132. The maximum Gasteiger partial charge on any atom is 0.375 e. The van der Waals surface area contributed by atoms with Gasteiger partial charge in [0, 0.05) is 12.5 Å². The molecule has 0 aromatic heterocycles. The molecule has 0 fully saturated rings. The predicted molar refractivity (Wildman–Crippen MR) is 123 cm³/mol. The highest BCUT2D eigenvalue weighted by Crippen LogP contribution is 2.36. The summed E-state index contributed by atoms with van der Waals surface area (Å²) in [5, 5.41) is 9.47. The number of unbranched alkanes of at least 4 members (excludes halogenated alkanes) is 5. The molecule has 170 valence electrons. The van der Waals surface area contributed by atoms with Crippen LogP contribution < -0.4 is 0 Å². The van der Waals surface area contributed by atoms with Gasteiger partial charge in [-0.1, -0.05) is 57.6 Å². The SMILES string of the molecule is CCCCN(CCCC)CCCCCC=C(C[P+](=O)C(OCC)C(C)C)C(=O)O. The first-order valence-electron chi connectivity index (χ1n) is 11.6. The molecule has 6 heteroatoms. The van der Waals surface area contributed by atoms with Crippen LogP contribution in [0.15, 0.2) is 11.6 Å². The van der Waals surface area contributed by atoms with Crippen molar-refractivity contribution in [3.8, 4) is 0 Å². The van der Waals surface area contributed by atoms with Gasteiger partial charge in [-0.2, -0.15) is 0 Å². The lowest BCUT2D eigenvalue weighted by Gasteiger charge is -2.21. The van der Waals surface area contributed by atoms with E-state index in [2.05, 4.69) is 18.7 Å². The van der Waals surface area contributed by atoms with E-state index in [1.54, 1.807) is 6.08 Å². The molecule has 0 rings (SSSR count). The molecule has 29 heavy (non-hydrogen) atoms. The Morgan fingerprint density at radius 2 is 1.59 bits per heavy atom. The summed E-state index contributed by atoms with van der Waals surface area (Å²) in [6.07, 6.45) is 10.8. The molecule has 0 aliphatic carbocycles. The van der Waals surface area contributed by atoms with Crippen LogP contribution in [0, 0.1) is 5.92 Å². The van der Waals surface area contributed by atoms with E-state index in [4.69, 9.17) is 4.74 Å². The molecule has 0 aromatic carbocycles. The number of aliphatic carboxylic acids is 1. The van der Waals surface area contributed by atoms with Gasteiger partial charge in [0.15, 0.2) is 6.16 Å². The highest BCUT2D eigenvalue weighted by Gasteiger charge is 2.35. The van der Waals surface area contributed by atoms with Gasteiger partial charge in [-0.15, -0.1) is 0 Å². The monoisotopic (exact) mass is 430 g/mol. The Morgan fingerprint density at radius 3 is 2.07 bits per heavy atom. The fourth-order valence-electron chi connectivity index (χ4n) is 3.29. The zero-order chi connectivity index (χ0) is 22.1. The lowest BCUT2D eigenvalue weighted by Crippen LogP contribution is -2.27. The molecule has 0 heterocycles. The van der Waals surface area contributed by atoms with Gasteiger partial charge >= 0.3 is 13.8 Å². The molecule has 0 saturated heterocycles. The molecular weight excluding hydrogens is 385 g/mol. The second-order valence-electron chi connectivity index (χ2n) is 8.10. The number of hydrogen-bond donors (Lipinski definition) is 1. The first-order chi connectivity index (χ1) is 13.9. The fourth-order valence-corrected chi connectivity index (χ4v) is 5.05. The minimum absolute atomic E-state index is 0.0926. The van der Waals surface area contributed by atoms with E-state index in [9.17, 15) is 14.5 Å². The quantitative estimate of drug-likeness (QED) is 0.148. The number of hydrogen-bond acceptors (Lipinski definition) is 4. The van der Waals surface area contributed by atoms with E-state index in [0.717, 1.165) is 32.2 Å². The van der Waals surface area contributed by atoms with Crippen LogP contribution in [0.2, 0.25) is 0 Å². The molecule has 1 N–H and O–H groups in total. The van der Waals surface area contributed by atoms with Crippen molar-refractivity contribution < 1.29 is 19.2 Å². The Bertz CT molecular complexity index is 471. The minimum atomic E-state index is -1.74. The average Bonchev–Trinajstić information content (AvgIpc) is 2.68. The summed E-state index contributed by atoms with van der Waals surface area (Å²) in [4.78, 5) is 14.1. The number of rotatable bonds is 19. The van der Waals surface area contributed by atoms with Gasteiger partial charge in [-0.25, -0.2) is 4.79 Å². The van der Waals surface area contributed by atoms with Crippen LogP contribution in [-0.4, -0.2) is 54.2 Å². The third-order valence-corrected chi connectivity index (χ3v) is 6.98. The fraction of sp³-hybridized carbons (Fsp3) is 0.870. The number of nitrogens with zero attached hydrogens (tertiary/aromatic N) is 1. The first kappa shape index (κ1) is 28.2. The first-order valence-corrected chi connectivity index (χ1v) is 13.1. The Labute approximate surface area is 180 Å². The van der Waals surface area contributed by atoms with E-state index in [0.29, 0.717) is 6.61 Å². The summed E-state index contributed by atoms with van der Waals surface area (Å²) in [7, 11) is -1.74. The predicted octanol–water partition coefficient (Wildman–Crippen LogP) is 6.31. The zero-order valence-electron chi connectivity index (χ0n) is 19.5. The molecule has 0 aliphatic heterocycles. The molecular formula is C23H45NO4P+. The zero-order valence-corrected chi connectivity index (χ0v) is 20.4. The van der Waals surface area contributed by atoms with Gasteiger partial charge in [0.1, 0.15) is 0 Å². The van der Waals surface area contributed by atoms with Gasteiger partial charge in [0.2, 0.25) is 0 Å². The molecule has 0 aliphatic rings. The van der Waals surface area contributed by atoms with Crippen molar-refractivity contribution in [3.05, 3.63) is 11.6 Å². The third kappa shape index (κ3) is 14.0. The van der Waals surface area contributed by atoms with Crippen LogP contribution in [0.5, 0.6) is 0 Å². The molecule has 2 unspecified atom stereocenters. The molecule has 0 spiro atoms. The lowest BCUT2D eigenvalue weighted by atomic mass is 10.1. The Hall–Kier alpha value is -0.770. The second kappa shape index (κ2) is 18.0. The van der Waals surface area contributed by atoms with Crippen molar-refractivity contribution in [1.29, 1.82) is 0 Å². The topological polar surface area (TPSA) is 66.8 Å². The summed E-state index contributed by atoms with van der Waals surface area (Å²) < 4.78 is 18.2. The number of carboxylic acid groups (broad SMARTS) is 1. The number of carbonyl (C=O) groups is 1. The number of ether oxygens (including phenoxy) is 1. The number of allylic oxidation sites excluding steroid dienone is 1. The van der Waals surface area contributed by atoms with E-state index in [1.165, 1.54) is 38.8 Å². The average molecular weight is 431 g/mol. The molecule has 0 radical (unpaired) electrons. The Morgan fingerprint density at radius 1 is 1.00 bits per heavy atom. The van der Waals surface area contributed by atoms with Crippen LogP contribution in [0.1, 0.15) is 86.0 Å². The van der Waals surface area contributed by atoms with Gasteiger partial charge in [-0.05, 0) is 58.7 Å². The molecule has 0 saturated carbocycles. The van der Waals surface area contributed by atoms with Gasteiger partial charge in [-0.3, -0.25) is 0 Å². The minimum Gasteiger partial charge on any atom is -0.478 e. The van der Waals surface area contributed by atoms with Crippen molar-refractivity contribution in [2.45, 2.75) is 91.8 Å². The van der Waals surface area contributed by atoms with Gasteiger partial charge < -0.3 is 14.7 Å². The summed E-state index contributed by atoms with van der Waals surface area (Å²) in [6, 6.07) is 0. The standard InChI is InChI=1S/C23H44NO4P/c1-6-9-16-24(17-10-7-2)18-14-12-11-13-15-21(22(25)26)19-29(27)23(20(4)5)28-8-3/h15,20,23H,6-14,16-19H2,1-5H3/p+1. The maximum absolute atomic E-state index is 12.6. The van der Waals surface area contributed by atoms with Crippen LogP contribution in [0.4, 0.5) is 0 Å². The van der Waals surface area contributed by atoms with E-state index in [-0.39, 0.29) is 23.5 Å². The second-order valence-corrected chi connectivity index (χ2v) is 9.76. The van der Waals surface area contributed by atoms with Crippen LogP contribution in [-0.2, 0) is 14.1 Å². The van der Waals surface area contributed by atoms with Crippen molar-refractivity contribution in [3.63, 3.8) is 0 Å². The summed E-state index contributed by atoms with van der Waals surface area (Å²) in [5.41, 5.74) is 0.268. The largest absolute Gasteiger partial charge is 0.478 e. The van der Waals surface area contributed by atoms with E-state index >= 15 is 0 Å². The molecule has 0 aromatic rings. The van der Waals surface area contributed by atoms with Crippen molar-refractivity contribution in [2.24, 2.45) is 5.92 Å². The van der Waals surface area contributed by atoms with Crippen LogP contribution in [0.3, 0.4) is 0 Å². The highest BCUT2D eigenvalue weighted by atomic mass is 31.1. The Kier molecular flexibility index (Phi) is 17.6. The molecule has 0 amide bonds. The molecule has 2 atom stereocenters. The van der Waals surface area contributed by atoms with Crippen molar-refractivity contribution >= 4 is 13.8 Å². The third-order valence-electron chi connectivity index (χ3n) is 5.02. The number of carboxylic acids is 1. The normalized spacial score (nSPS) is 13.9. The Balaban J connectivity index is 4.42. The van der Waals surface area contributed by atoms with E-state index in [1.807, 2.05) is 20.8 Å². The van der Waals surface area contributed by atoms with Crippen LogP contribution in [0.25, 0.3) is 0 Å². The smallest absolute Gasteiger partial charge is 0.375 e. The highest BCUT2D eigenvalue weighted by molar-refractivity contribution is 7.45. The van der Waals surface area contributed by atoms with Crippen molar-refractivity contribution in [1.82, 2.24) is 4.90 Å². The molecule has 5 nitrogen and oxygen atoms in total. The summed E-state index contributed by atoms with van der Waals surface area (Å²) >= 11 is 0. The summed E-state index contributed by atoms with van der Waals surface area (Å²) in [5.74, 6) is -1.23. The summed E-state index contributed by atoms with van der Waals surface area (Å²) in [6.45, 7) is 14.2. The van der Waals surface area contributed by atoms with E-state index < -0.39 is 13.8 Å². The maximum atomic E-state index is 12.6. The molecule has 0 bridgehead atoms. The van der Waals surface area contributed by atoms with Gasteiger partial charge in [0.05, 0.1) is 5.57 Å². The van der Waals surface area contributed by atoms with Gasteiger partial charge in [0.25, 0.3) is 5.85 Å².